The van der Waals surface area contributed by atoms with Crippen LogP contribution in [0.2, 0.25) is 0 Å². The van der Waals surface area contributed by atoms with Gasteiger partial charge in [0.2, 0.25) is 0 Å². The summed E-state index contributed by atoms with van der Waals surface area (Å²) < 4.78 is 11.2. The summed E-state index contributed by atoms with van der Waals surface area (Å²) in [5, 5.41) is 0. The Balaban J connectivity index is 2.44. The van der Waals surface area contributed by atoms with Crippen molar-refractivity contribution in [3.63, 3.8) is 0 Å². The fraction of sp³-hybridized carbons (Fsp3) is 1.00. The topological polar surface area (TPSA) is 21.8 Å². The standard InChI is InChI=1S/C17H34O2/c1-7-14(18-11-15-12-19-15)10-16(4,5)13-17(6,8-2)9-3/h14-15H,7-13H2,1-6H3. The molecule has 2 atom stereocenters. The van der Waals surface area contributed by atoms with Crippen LogP contribution in [0.25, 0.3) is 0 Å². The van der Waals surface area contributed by atoms with Crippen LogP contribution in [0.1, 0.15) is 73.6 Å². The van der Waals surface area contributed by atoms with E-state index in [2.05, 4.69) is 41.5 Å². The van der Waals surface area contributed by atoms with Crippen LogP contribution in [0.5, 0.6) is 0 Å². The number of ether oxygens (including phenoxy) is 2. The second kappa shape index (κ2) is 7.08. The van der Waals surface area contributed by atoms with Crippen molar-refractivity contribution in [3.8, 4) is 0 Å². The molecule has 19 heavy (non-hydrogen) atoms. The molecule has 0 aromatic heterocycles. The van der Waals surface area contributed by atoms with Crippen LogP contribution in [0, 0.1) is 10.8 Å². The molecule has 0 N–H and O–H groups in total. The SMILES string of the molecule is CCC(CC(C)(C)CC(C)(CC)CC)OCC1CO1. The lowest BCUT2D eigenvalue weighted by Crippen LogP contribution is -2.30. The number of hydrogen-bond acceptors (Lipinski definition) is 2. The Morgan fingerprint density at radius 3 is 2.16 bits per heavy atom. The second-order valence-corrected chi connectivity index (χ2v) is 7.38. The van der Waals surface area contributed by atoms with Crippen LogP contribution >= 0.6 is 0 Å². The molecule has 1 aliphatic rings. The summed E-state index contributed by atoms with van der Waals surface area (Å²) in [5.41, 5.74) is 0.827. The second-order valence-electron chi connectivity index (χ2n) is 7.38. The van der Waals surface area contributed by atoms with Crippen molar-refractivity contribution in [1.82, 2.24) is 0 Å². The van der Waals surface area contributed by atoms with Gasteiger partial charge in [0.25, 0.3) is 0 Å². The molecule has 1 aliphatic heterocycles. The average molecular weight is 270 g/mol. The maximum absolute atomic E-state index is 6.01. The highest BCUT2D eigenvalue weighted by atomic mass is 16.6. The van der Waals surface area contributed by atoms with E-state index >= 15 is 0 Å². The molecule has 2 heteroatoms. The highest BCUT2D eigenvalue weighted by Crippen LogP contribution is 2.42. The zero-order valence-electron chi connectivity index (χ0n) is 13.9. The first-order chi connectivity index (χ1) is 8.84. The Morgan fingerprint density at radius 1 is 1.16 bits per heavy atom. The Labute approximate surface area is 120 Å². The molecule has 0 aliphatic carbocycles. The lowest BCUT2D eigenvalue weighted by atomic mass is 9.69. The van der Waals surface area contributed by atoms with Crippen LogP contribution in [0.3, 0.4) is 0 Å². The number of epoxide rings is 1. The van der Waals surface area contributed by atoms with Crippen molar-refractivity contribution in [1.29, 1.82) is 0 Å². The molecule has 0 amide bonds. The van der Waals surface area contributed by atoms with Gasteiger partial charge in [-0.05, 0) is 30.1 Å². The van der Waals surface area contributed by atoms with E-state index in [0.29, 0.717) is 23.0 Å². The lowest BCUT2D eigenvalue weighted by Gasteiger charge is -2.38. The van der Waals surface area contributed by atoms with E-state index in [1.807, 2.05) is 0 Å². The fourth-order valence-electron chi connectivity index (χ4n) is 3.07. The Morgan fingerprint density at radius 2 is 1.74 bits per heavy atom. The molecular formula is C17H34O2. The molecule has 1 saturated heterocycles. The van der Waals surface area contributed by atoms with Crippen LogP contribution in [-0.2, 0) is 9.47 Å². The normalized spacial score (nSPS) is 21.5. The smallest absolute Gasteiger partial charge is 0.104 e. The Hall–Kier alpha value is -0.0800. The van der Waals surface area contributed by atoms with Gasteiger partial charge in [0.05, 0.1) is 19.3 Å². The third-order valence-electron chi connectivity index (χ3n) is 4.77. The van der Waals surface area contributed by atoms with Crippen LogP contribution in [0.4, 0.5) is 0 Å². The largest absolute Gasteiger partial charge is 0.375 e. The minimum Gasteiger partial charge on any atom is -0.375 e. The fourth-order valence-corrected chi connectivity index (χ4v) is 3.07. The van der Waals surface area contributed by atoms with E-state index in [1.165, 1.54) is 19.3 Å². The molecule has 2 unspecified atom stereocenters. The zero-order chi connectivity index (χ0) is 14.5. The summed E-state index contributed by atoms with van der Waals surface area (Å²) in [6, 6.07) is 0. The molecule has 1 rings (SSSR count). The molecule has 0 aromatic carbocycles. The van der Waals surface area contributed by atoms with Crippen molar-refractivity contribution >= 4 is 0 Å². The molecule has 114 valence electrons. The van der Waals surface area contributed by atoms with Gasteiger partial charge in [-0.25, -0.2) is 0 Å². The summed E-state index contributed by atoms with van der Waals surface area (Å²) in [5.74, 6) is 0. The Kier molecular flexibility index (Phi) is 6.32. The van der Waals surface area contributed by atoms with Gasteiger partial charge < -0.3 is 9.47 Å². The molecule has 0 aromatic rings. The predicted molar refractivity (Wildman–Crippen MR) is 81.5 cm³/mol. The molecule has 0 radical (unpaired) electrons. The van der Waals surface area contributed by atoms with Crippen LogP contribution in [-0.4, -0.2) is 25.4 Å². The summed E-state index contributed by atoms with van der Waals surface area (Å²) in [6.45, 7) is 15.8. The number of hydrogen-bond donors (Lipinski definition) is 0. The first-order valence-electron chi connectivity index (χ1n) is 8.07. The molecule has 1 fully saturated rings. The van der Waals surface area contributed by atoms with E-state index in [4.69, 9.17) is 9.47 Å². The highest BCUT2D eigenvalue weighted by molar-refractivity contribution is 4.83. The summed E-state index contributed by atoms with van der Waals surface area (Å²) in [6.07, 6.45) is 6.84. The van der Waals surface area contributed by atoms with E-state index in [9.17, 15) is 0 Å². The number of rotatable bonds is 10. The first kappa shape index (κ1) is 17.0. The van der Waals surface area contributed by atoms with Crippen molar-refractivity contribution in [2.45, 2.75) is 85.9 Å². The van der Waals surface area contributed by atoms with Crippen LogP contribution < -0.4 is 0 Å². The van der Waals surface area contributed by atoms with Gasteiger partial charge in [0.15, 0.2) is 0 Å². The van der Waals surface area contributed by atoms with Gasteiger partial charge in [-0.2, -0.15) is 0 Å². The molecule has 0 spiro atoms. The van der Waals surface area contributed by atoms with Gasteiger partial charge in [0, 0.05) is 0 Å². The zero-order valence-corrected chi connectivity index (χ0v) is 13.9. The predicted octanol–water partition coefficient (Wildman–Crippen LogP) is 4.81. The molecule has 0 saturated carbocycles. The van der Waals surface area contributed by atoms with Gasteiger partial charge in [0.1, 0.15) is 6.10 Å². The third-order valence-corrected chi connectivity index (χ3v) is 4.77. The summed E-state index contributed by atoms with van der Waals surface area (Å²) in [7, 11) is 0. The first-order valence-corrected chi connectivity index (χ1v) is 8.07. The quantitative estimate of drug-likeness (QED) is 0.531. The van der Waals surface area contributed by atoms with E-state index in [-0.39, 0.29) is 0 Å². The van der Waals surface area contributed by atoms with Crippen molar-refractivity contribution in [2.75, 3.05) is 13.2 Å². The van der Waals surface area contributed by atoms with Gasteiger partial charge >= 0.3 is 0 Å². The molecule has 1 heterocycles. The van der Waals surface area contributed by atoms with Crippen molar-refractivity contribution < 1.29 is 9.47 Å². The van der Waals surface area contributed by atoms with Gasteiger partial charge in [-0.15, -0.1) is 0 Å². The van der Waals surface area contributed by atoms with E-state index in [1.54, 1.807) is 0 Å². The lowest BCUT2D eigenvalue weighted by molar-refractivity contribution is 0.00182. The summed E-state index contributed by atoms with van der Waals surface area (Å²) in [4.78, 5) is 0. The van der Waals surface area contributed by atoms with E-state index in [0.717, 1.165) is 26.1 Å². The molecular weight excluding hydrogens is 236 g/mol. The summed E-state index contributed by atoms with van der Waals surface area (Å²) >= 11 is 0. The van der Waals surface area contributed by atoms with Crippen LogP contribution in [0.15, 0.2) is 0 Å². The van der Waals surface area contributed by atoms with Crippen molar-refractivity contribution in [2.24, 2.45) is 10.8 Å². The minimum absolute atomic E-state index is 0.353. The maximum atomic E-state index is 6.01. The Bertz CT molecular complexity index is 252. The maximum Gasteiger partial charge on any atom is 0.104 e. The van der Waals surface area contributed by atoms with Crippen molar-refractivity contribution in [3.05, 3.63) is 0 Å². The minimum atomic E-state index is 0.353. The highest BCUT2D eigenvalue weighted by Gasteiger charge is 2.32. The average Bonchev–Trinajstić information content (AvgIpc) is 3.17. The molecule has 0 bridgehead atoms. The monoisotopic (exact) mass is 270 g/mol. The van der Waals surface area contributed by atoms with Gasteiger partial charge in [-0.1, -0.05) is 54.4 Å². The van der Waals surface area contributed by atoms with Gasteiger partial charge in [-0.3, -0.25) is 0 Å². The molecule has 2 nitrogen and oxygen atoms in total. The van der Waals surface area contributed by atoms with E-state index < -0.39 is 0 Å². The third kappa shape index (κ3) is 6.27.